The highest BCUT2D eigenvalue weighted by Crippen LogP contribution is 2.36. The van der Waals surface area contributed by atoms with Gasteiger partial charge in [0.05, 0.1) is 23.7 Å². The van der Waals surface area contributed by atoms with Gasteiger partial charge in [-0.1, -0.05) is 0 Å². The number of nitrogens with two attached hydrogens (primary N) is 1. The number of rotatable bonds is 3. The van der Waals surface area contributed by atoms with Crippen LogP contribution in [0.1, 0.15) is 19.3 Å². The SMILES string of the molecule is NNc1ccc([N+](=O)[O-])c(N2CCOC3CCCC32)n1. The number of nitro groups is 1. The van der Waals surface area contributed by atoms with Crippen molar-refractivity contribution in [2.75, 3.05) is 23.5 Å². The Hall–Kier alpha value is -1.93. The molecule has 8 heteroatoms. The number of hydrogen-bond acceptors (Lipinski definition) is 7. The van der Waals surface area contributed by atoms with Crippen LogP contribution in [0.5, 0.6) is 0 Å². The van der Waals surface area contributed by atoms with Crippen molar-refractivity contribution in [2.24, 2.45) is 5.84 Å². The fourth-order valence-corrected chi connectivity index (χ4v) is 3.06. The summed E-state index contributed by atoms with van der Waals surface area (Å²) in [5.41, 5.74) is 2.45. The fourth-order valence-electron chi connectivity index (χ4n) is 3.06. The molecule has 108 valence electrons. The van der Waals surface area contributed by atoms with Crippen LogP contribution < -0.4 is 16.2 Å². The topological polar surface area (TPSA) is 107 Å². The number of fused-ring (bicyclic) bond motifs is 1. The molecule has 3 rings (SSSR count). The van der Waals surface area contributed by atoms with Gasteiger partial charge in [0, 0.05) is 12.6 Å². The maximum atomic E-state index is 11.2. The van der Waals surface area contributed by atoms with Crippen LogP contribution in [0, 0.1) is 10.1 Å². The summed E-state index contributed by atoms with van der Waals surface area (Å²) in [6.07, 6.45) is 3.21. The lowest BCUT2D eigenvalue weighted by atomic mass is 10.1. The zero-order valence-corrected chi connectivity index (χ0v) is 11.0. The van der Waals surface area contributed by atoms with Gasteiger partial charge < -0.3 is 15.1 Å². The molecule has 2 unspecified atom stereocenters. The van der Waals surface area contributed by atoms with Gasteiger partial charge in [0.2, 0.25) is 5.82 Å². The maximum absolute atomic E-state index is 11.2. The summed E-state index contributed by atoms with van der Waals surface area (Å²) in [6.45, 7) is 1.18. The predicted molar refractivity (Wildman–Crippen MR) is 73.4 cm³/mol. The van der Waals surface area contributed by atoms with Gasteiger partial charge >= 0.3 is 5.69 Å². The van der Waals surface area contributed by atoms with Crippen LogP contribution >= 0.6 is 0 Å². The molecule has 2 atom stereocenters. The molecule has 2 fully saturated rings. The number of nitrogen functional groups attached to an aromatic ring is 1. The number of morpholine rings is 1. The van der Waals surface area contributed by atoms with Crippen molar-refractivity contribution in [3.8, 4) is 0 Å². The highest BCUT2D eigenvalue weighted by molar-refractivity contribution is 5.62. The lowest BCUT2D eigenvalue weighted by Gasteiger charge is -2.38. The Balaban J connectivity index is 2.00. The van der Waals surface area contributed by atoms with E-state index in [2.05, 4.69) is 10.4 Å². The molecule has 8 nitrogen and oxygen atoms in total. The van der Waals surface area contributed by atoms with Crippen molar-refractivity contribution in [1.82, 2.24) is 4.98 Å². The first kappa shape index (κ1) is 13.1. The molecular weight excluding hydrogens is 262 g/mol. The molecule has 3 N–H and O–H groups in total. The molecule has 1 saturated carbocycles. The largest absolute Gasteiger partial charge is 0.374 e. The molecule has 20 heavy (non-hydrogen) atoms. The summed E-state index contributed by atoms with van der Waals surface area (Å²) >= 11 is 0. The Morgan fingerprint density at radius 2 is 2.35 bits per heavy atom. The van der Waals surface area contributed by atoms with Crippen LogP contribution in [0.3, 0.4) is 0 Å². The zero-order valence-electron chi connectivity index (χ0n) is 11.0. The van der Waals surface area contributed by atoms with E-state index in [1.807, 2.05) is 4.90 Å². The van der Waals surface area contributed by atoms with Crippen molar-refractivity contribution in [3.05, 3.63) is 22.2 Å². The Morgan fingerprint density at radius 1 is 1.50 bits per heavy atom. The first-order chi connectivity index (χ1) is 9.70. The quantitative estimate of drug-likeness (QED) is 0.483. The van der Waals surface area contributed by atoms with E-state index in [1.54, 1.807) is 0 Å². The summed E-state index contributed by atoms with van der Waals surface area (Å²) in [5.74, 6) is 6.16. The lowest BCUT2D eigenvalue weighted by Crippen LogP contribution is -2.49. The zero-order chi connectivity index (χ0) is 14.1. The van der Waals surface area contributed by atoms with Crippen molar-refractivity contribution < 1.29 is 9.66 Å². The van der Waals surface area contributed by atoms with E-state index in [-0.39, 0.29) is 17.8 Å². The highest BCUT2D eigenvalue weighted by atomic mass is 16.6. The van der Waals surface area contributed by atoms with Crippen LogP contribution in [0.2, 0.25) is 0 Å². The van der Waals surface area contributed by atoms with Crippen molar-refractivity contribution in [1.29, 1.82) is 0 Å². The normalized spacial score (nSPS) is 25.4. The van der Waals surface area contributed by atoms with Gasteiger partial charge in [0.25, 0.3) is 0 Å². The van der Waals surface area contributed by atoms with E-state index in [1.165, 1.54) is 12.1 Å². The third kappa shape index (κ3) is 2.16. The summed E-state index contributed by atoms with van der Waals surface area (Å²) in [7, 11) is 0. The monoisotopic (exact) mass is 279 g/mol. The van der Waals surface area contributed by atoms with Gasteiger partial charge in [0.1, 0.15) is 5.82 Å². The van der Waals surface area contributed by atoms with E-state index in [9.17, 15) is 10.1 Å². The second kappa shape index (κ2) is 5.22. The number of nitrogens with zero attached hydrogens (tertiary/aromatic N) is 3. The Labute approximate surface area is 116 Å². The molecule has 0 spiro atoms. The van der Waals surface area contributed by atoms with Gasteiger partial charge in [0.15, 0.2) is 0 Å². The van der Waals surface area contributed by atoms with Crippen LogP contribution in [0.4, 0.5) is 17.3 Å². The summed E-state index contributed by atoms with van der Waals surface area (Å²) in [5, 5.41) is 11.2. The van der Waals surface area contributed by atoms with E-state index < -0.39 is 4.92 Å². The lowest BCUT2D eigenvalue weighted by molar-refractivity contribution is -0.384. The van der Waals surface area contributed by atoms with Crippen LogP contribution in [0.25, 0.3) is 0 Å². The first-order valence-electron chi connectivity index (χ1n) is 6.71. The molecule has 0 amide bonds. The molecule has 1 aliphatic carbocycles. The van der Waals surface area contributed by atoms with Gasteiger partial charge in [-0.15, -0.1) is 0 Å². The Kier molecular flexibility index (Phi) is 3.41. The van der Waals surface area contributed by atoms with Crippen LogP contribution in [0.15, 0.2) is 12.1 Å². The molecule has 1 saturated heterocycles. The summed E-state index contributed by atoms with van der Waals surface area (Å²) in [4.78, 5) is 17.1. The molecule has 1 aromatic heterocycles. The van der Waals surface area contributed by atoms with Crippen LogP contribution in [-0.2, 0) is 4.74 Å². The van der Waals surface area contributed by atoms with E-state index in [4.69, 9.17) is 10.6 Å². The second-order valence-corrected chi connectivity index (χ2v) is 5.04. The fraction of sp³-hybridized carbons (Fsp3) is 0.583. The van der Waals surface area contributed by atoms with Gasteiger partial charge in [-0.05, 0) is 25.3 Å². The molecule has 2 heterocycles. The third-order valence-corrected chi connectivity index (χ3v) is 3.95. The number of pyridine rings is 1. The molecule has 0 radical (unpaired) electrons. The standard InChI is InChI=1S/C12H17N5O3/c13-15-11-5-4-9(17(18)19)12(14-11)16-6-7-20-10-3-1-2-8(10)16/h4-5,8,10H,1-3,6-7,13H2,(H,14,15). The number of aromatic nitrogens is 1. The van der Waals surface area contributed by atoms with Crippen molar-refractivity contribution in [3.63, 3.8) is 0 Å². The minimum absolute atomic E-state index is 0.0107. The van der Waals surface area contributed by atoms with E-state index >= 15 is 0 Å². The number of anilines is 2. The number of hydrogen-bond donors (Lipinski definition) is 2. The third-order valence-electron chi connectivity index (χ3n) is 3.95. The molecule has 1 aromatic rings. The highest BCUT2D eigenvalue weighted by Gasteiger charge is 2.39. The average molecular weight is 279 g/mol. The molecular formula is C12H17N5O3. The van der Waals surface area contributed by atoms with E-state index in [0.29, 0.717) is 24.8 Å². The molecule has 1 aliphatic heterocycles. The predicted octanol–water partition coefficient (Wildman–Crippen LogP) is 1.03. The minimum atomic E-state index is -0.401. The molecule has 0 aromatic carbocycles. The second-order valence-electron chi connectivity index (χ2n) is 5.04. The first-order valence-corrected chi connectivity index (χ1v) is 6.71. The van der Waals surface area contributed by atoms with Gasteiger partial charge in [-0.2, -0.15) is 0 Å². The number of hydrazine groups is 1. The number of ether oxygens (including phenoxy) is 1. The Morgan fingerprint density at radius 3 is 3.10 bits per heavy atom. The van der Waals surface area contributed by atoms with Gasteiger partial charge in [-0.3, -0.25) is 10.1 Å². The maximum Gasteiger partial charge on any atom is 0.311 e. The summed E-state index contributed by atoms with van der Waals surface area (Å²) < 4.78 is 5.73. The average Bonchev–Trinajstić information content (AvgIpc) is 2.94. The number of nitrogens with one attached hydrogen (secondary N) is 1. The van der Waals surface area contributed by atoms with E-state index in [0.717, 1.165) is 19.3 Å². The molecule has 2 aliphatic rings. The molecule has 0 bridgehead atoms. The minimum Gasteiger partial charge on any atom is -0.374 e. The van der Waals surface area contributed by atoms with Gasteiger partial charge in [-0.25, -0.2) is 10.8 Å². The van der Waals surface area contributed by atoms with Crippen molar-refractivity contribution in [2.45, 2.75) is 31.4 Å². The van der Waals surface area contributed by atoms with Crippen molar-refractivity contribution >= 4 is 17.3 Å². The smallest absolute Gasteiger partial charge is 0.311 e. The Bertz CT molecular complexity index is 524. The van der Waals surface area contributed by atoms with Crippen LogP contribution in [-0.4, -0.2) is 35.2 Å². The summed E-state index contributed by atoms with van der Waals surface area (Å²) in [6, 6.07) is 3.12.